The first-order valence-electron chi connectivity index (χ1n) is 9.59. The molecule has 1 aromatic heterocycles. The molecular weight excluding hydrogens is 372 g/mol. The number of carbonyl (C=O) groups is 2. The Bertz CT molecular complexity index is 811. The maximum Gasteiger partial charge on any atom is 0.227 e. The predicted molar refractivity (Wildman–Crippen MR) is 114 cm³/mol. The fourth-order valence-corrected chi connectivity index (χ4v) is 3.93. The molecule has 0 aliphatic rings. The summed E-state index contributed by atoms with van der Waals surface area (Å²) >= 11 is 1.33. The highest BCUT2D eigenvalue weighted by molar-refractivity contribution is 7.18. The Kier molecular flexibility index (Phi) is 7.69. The molecule has 2 rings (SSSR count). The zero-order chi connectivity index (χ0) is 20.7. The van der Waals surface area contributed by atoms with E-state index in [0.29, 0.717) is 24.0 Å². The van der Waals surface area contributed by atoms with Gasteiger partial charge in [-0.2, -0.15) is 0 Å². The summed E-state index contributed by atoms with van der Waals surface area (Å²) in [5.74, 6) is 0.118. The SMILES string of the molecule is Cc1cccc(-c2nnc(NC(=O)CCNC(=O)C[C@H](C)CC(C)(C)C)s2)c1. The second-order valence-electron chi connectivity index (χ2n) is 8.50. The van der Waals surface area contributed by atoms with E-state index in [4.69, 9.17) is 0 Å². The van der Waals surface area contributed by atoms with E-state index < -0.39 is 0 Å². The molecule has 28 heavy (non-hydrogen) atoms. The van der Waals surface area contributed by atoms with Crippen LogP contribution in [0.3, 0.4) is 0 Å². The highest BCUT2D eigenvalue weighted by Crippen LogP contribution is 2.27. The van der Waals surface area contributed by atoms with E-state index in [0.717, 1.165) is 22.6 Å². The molecule has 0 saturated carbocycles. The van der Waals surface area contributed by atoms with E-state index in [-0.39, 0.29) is 23.7 Å². The fourth-order valence-electron chi connectivity index (χ4n) is 3.17. The van der Waals surface area contributed by atoms with Gasteiger partial charge in [0, 0.05) is 24.9 Å². The Labute approximate surface area is 171 Å². The minimum atomic E-state index is -0.185. The highest BCUT2D eigenvalue weighted by atomic mass is 32.1. The van der Waals surface area contributed by atoms with Gasteiger partial charge >= 0.3 is 0 Å². The molecule has 2 N–H and O–H groups in total. The summed E-state index contributed by atoms with van der Waals surface area (Å²) in [4.78, 5) is 24.1. The summed E-state index contributed by atoms with van der Waals surface area (Å²) in [7, 11) is 0. The molecule has 7 heteroatoms. The number of rotatable bonds is 8. The van der Waals surface area contributed by atoms with Gasteiger partial charge in [-0.1, -0.05) is 62.8 Å². The van der Waals surface area contributed by atoms with Gasteiger partial charge in [0.05, 0.1) is 0 Å². The molecule has 6 nitrogen and oxygen atoms in total. The van der Waals surface area contributed by atoms with Crippen molar-refractivity contribution in [1.82, 2.24) is 15.5 Å². The Balaban J connectivity index is 1.74. The number of aromatic nitrogens is 2. The molecule has 0 unspecified atom stereocenters. The van der Waals surface area contributed by atoms with Gasteiger partial charge in [0.2, 0.25) is 16.9 Å². The lowest BCUT2D eigenvalue weighted by atomic mass is 9.84. The number of benzene rings is 1. The third-order valence-electron chi connectivity index (χ3n) is 4.11. The number of amides is 2. The molecule has 0 aliphatic carbocycles. The zero-order valence-corrected chi connectivity index (χ0v) is 18.2. The Morgan fingerprint density at radius 1 is 1.18 bits per heavy atom. The van der Waals surface area contributed by atoms with Crippen LogP contribution in [0.4, 0.5) is 5.13 Å². The van der Waals surface area contributed by atoms with Crippen LogP contribution in [0.1, 0.15) is 52.5 Å². The predicted octanol–water partition coefficient (Wildman–Crippen LogP) is 4.42. The number of aryl methyl sites for hydroxylation is 1. The van der Waals surface area contributed by atoms with Gasteiger partial charge in [-0.3, -0.25) is 9.59 Å². The number of carbonyl (C=O) groups excluding carboxylic acids is 2. The van der Waals surface area contributed by atoms with Gasteiger partial charge in [0.15, 0.2) is 0 Å². The van der Waals surface area contributed by atoms with Crippen molar-refractivity contribution in [1.29, 1.82) is 0 Å². The molecule has 0 aliphatic heterocycles. The van der Waals surface area contributed by atoms with Crippen LogP contribution in [0.25, 0.3) is 10.6 Å². The monoisotopic (exact) mass is 402 g/mol. The molecule has 0 spiro atoms. The van der Waals surface area contributed by atoms with Crippen LogP contribution in [-0.4, -0.2) is 28.6 Å². The smallest absolute Gasteiger partial charge is 0.227 e. The summed E-state index contributed by atoms with van der Waals surface area (Å²) in [5.41, 5.74) is 2.33. The summed E-state index contributed by atoms with van der Waals surface area (Å²) < 4.78 is 0. The van der Waals surface area contributed by atoms with Gasteiger partial charge in [0.25, 0.3) is 0 Å². The minimum absolute atomic E-state index is 0.0119. The van der Waals surface area contributed by atoms with Crippen molar-refractivity contribution in [3.05, 3.63) is 29.8 Å². The molecule has 2 aromatic rings. The van der Waals surface area contributed by atoms with Crippen LogP contribution in [0.2, 0.25) is 0 Å². The van der Waals surface area contributed by atoms with Crippen molar-refractivity contribution in [2.24, 2.45) is 11.3 Å². The van der Waals surface area contributed by atoms with Crippen molar-refractivity contribution in [2.45, 2.75) is 53.9 Å². The van der Waals surface area contributed by atoms with Crippen LogP contribution in [0.5, 0.6) is 0 Å². The first-order chi connectivity index (χ1) is 13.1. The summed E-state index contributed by atoms with van der Waals surface area (Å²) in [6.07, 6.45) is 1.68. The van der Waals surface area contributed by atoms with Crippen LogP contribution >= 0.6 is 11.3 Å². The minimum Gasteiger partial charge on any atom is -0.356 e. The quantitative estimate of drug-likeness (QED) is 0.684. The van der Waals surface area contributed by atoms with E-state index in [1.807, 2.05) is 31.2 Å². The van der Waals surface area contributed by atoms with Crippen molar-refractivity contribution in [3.63, 3.8) is 0 Å². The maximum atomic E-state index is 12.1. The Hall–Kier alpha value is -2.28. The summed E-state index contributed by atoms with van der Waals surface area (Å²) in [5, 5.41) is 15.0. The summed E-state index contributed by atoms with van der Waals surface area (Å²) in [6, 6.07) is 7.98. The molecule has 0 radical (unpaired) electrons. The van der Waals surface area contributed by atoms with Gasteiger partial charge in [-0.15, -0.1) is 10.2 Å². The lowest BCUT2D eigenvalue weighted by Crippen LogP contribution is -2.29. The molecule has 152 valence electrons. The molecule has 0 fully saturated rings. The lowest BCUT2D eigenvalue weighted by molar-refractivity contribution is -0.122. The fraction of sp³-hybridized carbons (Fsp3) is 0.524. The van der Waals surface area contributed by atoms with Crippen molar-refractivity contribution in [2.75, 3.05) is 11.9 Å². The number of hydrogen-bond donors (Lipinski definition) is 2. The maximum absolute atomic E-state index is 12.1. The molecule has 1 aromatic carbocycles. The first kappa shape index (κ1) is 22.0. The summed E-state index contributed by atoms with van der Waals surface area (Å²) in [6.45, 7) is 10.9. The largest absolute Gasteiger partial charge is 0.356 e. The van der Waals surface area contributed by atoms with E-state index in [1.54, 1.807) is 0 Å². The van der Waals surface area contributed by atoms with Crippen molar-refractivity contribution < 1.29 is 9.59 Å². The Morgan fingerprint density at radius 2 is 1.93 bits per heavy atom. The number of anilines is 1. The van der Waals surface area contributed by atoms with Crippen LogP contribution < -0.4 is 10.6 Å². The van der Waals surface area contributed by atoms with Gasteiger partial charge in [-0.25, -0.2) is 0 Å². The Morgan fingerprint density at radius 3 is 2.61 bits per heavy atom. The van der Waals surface area contributed by atoms with Crippen LogP contribution in [-0.2, 0) is 9.59 Å². The molecule has 0 saturated heterocycles. The second-order valence-corrected chi connectivity index (χ2v) is 9.48. The molecule has 0 bridgehead atoms. The first-order valence-corrected chi connectivity index (χ1v) is 10.4. The zero-order valence-electron chi connectivity index (χ0n) is 17.3. The lowest BCUT2D eigenvalue weighted by Gasteiger charge is -2.22. The van der Waals surface area contributed by atoms with Gasteiger partial charge in [-0.05, 0) is 30.7 Å². The third kappa shape index (κ3) is 7.76. The average Bonchev–Trinajstić information content (AvgIpc) is 3.01. The molecular formula is C21H30N4O2S. The molecule has 1 heterocycles. The third-order valence-corrected chi connectivity index (χ3v) is 4.99. The van der Waals surface area contributed by atoms with Crippen LogP contribution in [0, 0.1) is 18.3 Å². The van der Waals surface area contributed by atoms with Gasteiger partial charge in [0.1, 0.15) is 5.01 Å². The van der Waals surface area contributed by atoms with E-state index in [1.165, 1.54) is 11.3 Å². The average molecular weight is 403 g/mol. The van der Waals surface area contributed by atoms with Crippen LogP contribution in [0.15, 0.2) is 24.3 Å². The normalized spacial score (nSPS) is 12.5. The van der Waals surface area contributed by atoms with E-state index in [2.05, 4.69) is 48.5 Å². The highest BCUT2D eigenvalue weighted by Gasteiger charge is 2.18. The standard InChI is InChI=1S/C21H30N4O2S/c1-14-7-6-8-16(11-14)19-24-25-20(28-19)23-17(26)9-10-22-18(27)12-15(2)13-21(3,4)5/h6-8,11,15H,9-10,12-13H2,1-5H3,(H,22,27)(H,23,25,26)/t15-/m0/s1. The number of hydrogen-bond acceptors (Lipinski definition) is 5. The topological polar surface area (TPSA) is 84.0 Å². The molecule has 1 atom stereocenters. The number of nitrogens with zero attached hydrogens (tertiary/aromatic N) is 2. The second kappa shape index (κ2) is 9.78. The molecule has 2 amide bonds. The van der Waals surface area contributed by atoms with Gasteiger partial charge < -0.3 is 10.6 Å². The van der Waals surface area contributed by atoms with Crippen molar-refractivity contribution in [3.8, 4) is 10.6 Å². The van der Waals surface area contributed by atoms with E-state index >= 15 is 0 Å². The van der Waals surface area contributed by atoms with Crippen molar-refractivity contribution >= 4 is 28.3 Å². The van der Waals surface area contributed by atoms with E-state index in [9.17, 15) is 9.59 Å². The number of nitrogens with one attached hydrogen (secondary N) is 2.